The molecule has 0 bridgehead atoms. The Kier molecular flexibility index (Phi) is 37.9. The number of rotatable bonds is 22. The number of amides is 1. The van der Waals surface area contributed by atoms with Gasteiger partial charge in [0.15, 0.2) is 0 Å². The fourth-order valence-electron chi connectivity index (χ4n) is 8.34. The summed E-state index contributed by atoms with van der Waals surface area (Å²) in [5.74, 6) is -5.17. The lowest BCUT2D eigenvalue weighted by Gasteiger charge is -2.20. The number of halogens is 1. The van der Waals surface area contributed by atoms with Gasteiger partial charge in [0.2, 0.25) is 13.1 Å². The molecule has 26 heteroatoms. The summed E-state index contributed by atoms with van der Waals surface area (Å²) in [6.07, 6.45) is 1.63. The van der Waals surface area contributed by atoms with E-state index in [1.807, 2.05) is 87.5 Å². The number of likely N-dealkylation sites (tertiary alicyclic amines) is 1. The van der Waals surface area contributed by atoms with Crippen molar-refractivity contribution in [3.63, 3.8) is 0 Å². The third kappa shape index (κ3) is 34.5. The summed E-state index contributed by atoms with van der Waals surface area (Å²) < 4.78 is 29.4. The predicted octanol–water partition coefficient (Wildman–Crippen LogP) is 7.80. The summed E-state index contributed by atoms with van der Waals surface area (Å²) in [6, 6.07) is 28.7. The van der Waals surface area contributed by atoms with Crippen LogP contribution in [0.2, 0.25) is 0 Å². The molecular formula is C59H82ClN5O20. The Morgan fingerprint density at radius 2 is 0.941 bits per heavy atom. The highest BCUT2D eigenvalue weighted by molar-refractivity contribution is 6.61. The van der Waals surface area contributed by atoms with E-state index in [2.05, 4.69) is 27.0 Å². The third-order valence-corrected chi connectivity index (χ3v) is 12.6. The van der Waals surface area contributed by atoms with Crippen molar-refractivity contribution in [2.24, 2.45) is 29.6 Å². The number of benzene rings is 3. The number of carbonyl (C=O) groups excluding carboxylic acids is 8. The quantitative estimate of drug-likeness (QED) is 0.0284. The zero-order chi connectivity index (χ0) is 63.9. The number of nitrogens with zero attached hydrogens (tertiary/aromatic N) is 3. The number of carboxylic acid groups (broad SMARTS) is 1. The minimum Gasteiger partial charge on any atom is -0.481 e. The topological polar surface area (TPSA) is 343 Å². The lowest BCUT2D eigenvalue weighted by atomic mass is 10.0. The summed E-state index contributed by atoms with van der Waals surface area (Å²) in [7, 11) is 0. The van der Waals surface area contributed by atoms with Gasteiger partial charge in [0.25, 0.3) is 0 Å². The second kappa shape index (κ2) is 42.8. The molecular weight excluding hydrogens is 1130 g/mol. The van der Waals surface area contributed by atoms with Crippen molar-refractivity contribution in [1.29, 1.82) is 0 Å². The van der Waals surface area contributed by atoms with Crippen LogP contribution in [0.3, 0.4) is 0 Å². The highest BCUT2D eigenvalue weighted by Gasteiger charge is 2.38. The van der Waals surface area contributed by atoms with Gasteiger partial charge in [-0.15, -0.1) is 0 Å². The lowest BCUT2D eigenvalue weighted by molar-refractivity contribution is -0.486. The van der Waals surface area contributed by atoms with Crippen LogP contribution in [-0.4, -0.2) is 143 Å². The zero-order valence-electron chi connectivity index (χ0n) is 49.5. The Hall–Kier alpha value is -7.90. The Morgan fingerprint density at radius 1 is 0.565 bits per heavy atom. The van der Waals surface area contributed by atoms with E-state index in [4.69, 9.17) is 35.7 Å². The number of aliphatic carboxylic acids is 1. The second-order valence-electron chi connectivity index (χ2n) is 19.9. The first-order valence-electron chi connectivity index (χ1n) is 27.8. The van der Waals surface area contributed by atoms with Gasteiger partial charge in [0.05, 0.1) is 37.6 Å². The first kappa shape index (κ1) is 75.1. The number of Topliss-reactive ketones (excluding diaryl/α,β-unsaturated/α-hetero) is 2. The van der Waals surface area contributed by atoms with Crippen LogP contribution < -0.4 is 10.6 Å². The largest absolute Gasteiger partial charge is 0.481 e. The van der Waals surface area contributed by atoms with Gasteiger partial charge in [-0.05, 0) is 91.3 Å². The maximum atomic E-state index is 12.1. The van der Waals surface area contributed by atoms with Gasteiger partial charge >= 0.3 is 41.4 Å². The molecule has 3 aromatic rings. The van der Waals surface area contributed by atoms with Crippen molar-refractivity contribution in [3.8, 4) is 0 Å². The zero-order valence-corrected chi connectivity index (χ0v) is 50.3. The average molecular weight is 1220 g/mol. The average Bonchev–Trinajstić information content (AvgIpc) is 4.44. The monoisotopic (exact) mass is 1220 g/mol. The van der Waals surface area contributed by atoms with Crippen molar-refractivity contribution in [2.75, 3.05) is 52.5 Å². The van der Waals surface area contributed by atoms with E-state index in [1.54, 1.807) is 43.0 Å². The normalized spacial score (nSPS) is 18.6. The fourth-order valence-corrected chi connectivity index (χ4v) is 8.39. The van der Waals surface area contributed by atoms with Crippen LogP contribution in [0.5, 0.6) is 0 Å². The number of carboxylic acids is 1. The first-order valence-corrected chi connectivity index (χ1v) is 28.1. The van der Waals surface area contributed by atoms with Gasteiger partial charge in [0, 0.05) is 72.0 Å². The Morgan fingerprint density at radius 3 is 1.28 bits per heavy atom. The summed E-state index contributed by atoms with van der Waals surface area (Å²) >= 11 is 4.97. The number of hydrogen-bond donors (Lipinski definition) is 3. The molecule has 3 heterocycles. The summed E-state index contributed by atoms with van der Waals surface area (Å²) in [4.78, 5) is 121. The maximum Gasteiger partial charge on any atom is 0.410 e. The molecule has 0 aliphatic carbocycles. The van der Waals surface area contributed by atoms with Gasteiger partial charge in [-0.3, -0.25) is 53.8 Å². The molecule has 8 atom stereocenters. The molecule has 3 aliphatic rings. The highest BCUT2D eigenvalue weighted by Crippen LogP contribution is 2.25. The van der Waals surface area contributed by atoms with E-state index in [9.17, 15) is 63.4 Å². The standard InChI is InChI=1S/C16H21NO4.C13H15NO5.C8H7ClO2.C8H13NO5.C8H15NO2.C6H11NO2/c1-3-20-15(18)14-9-12(2)17(10-14)16(19)21-11-13-7-5-4-6-8-13;1-10(15)7-12(8-14(17)18)13(16)19-9-11-5-3-2-4-6-11;9-8(10)11-6-7-4-2-1-3-5-7;1-3-14-8(11)7(4-6(2)10)5-9(12)13;1-3-11-8(10)7-4-6(2)9-5-7;1-4-2-5(3-7-4)6(8)9/h4-8,12,14H,3,9-11H2,1-2H3;2-6,12H,7-9H2,1H3;1-5H,6H2;7H,3-5H2,1-2H3;6-7,9H,3-5H2,1-2H3;4-5,7H,2-3H2,1H3,(H,8,9). The molecule has 3 fully saturated rings. The van der Waals surface area contributed by atoms with Gasteiger partial charge in [-0.2, -0.15) is 0 Å². The molecule has 85 heavy (non-hydrogen) atoms. The lowest BCUT2D eigenvalue weighted by Crippen LogP contribution is -2.35. The molecule has 3 N–H and O–H groups in total. The minimum atomic E-state index is -1.02. The Balaban J connectivity index is 0.000000523. The molecule has 1 amide bonds. The van der Waals surface area contributed by atoms with Crippen molar-refractivity contribution in [3.05, 3.63) is 128 Å². The molecule has 0 aromatic heterocycles. The molecule has 470 valence electrons. The Labute approximate surface area is 500 Å². The molecule has 0 saturated carbocycles. The van der Waals surface area contributed by atoms with Crippen LogP contribution in [0.4, 0.5) is 9.59 Å². The first-order chi connectivity index (χ1) is 40.3. The number of nitrogens with one attached hydrogen (secondary N) is 2. The SMILES string of the molecule is CC(=O)CC(C[N+](=O)[O-])C(=O)OCc1ccccc1.CC1CC(C(=O)O)CN1.CCOC(=O)C(CC(C)=O)C[N+](=O)[O-].CCOC(=O)C1CC(C)N(C(=O)OCc2ccccc2)C1.CCOC(=O)C1CNC(C)C1.O=C(Cl)OCc1ccccc1. The van der Waals surface area contributed by atoms with Crippen LogP contribution in [-0.2, 0) is 81.8 Å². The molecule has 3 aromatic carbocycles. The van der Waals surface area contributed by atoms with Crippen LogP contribution in [0.15, 0.2) is 91.0 Å². The number of ether oxygens (including phenoxy) is 6. The van der Waals surface area contributed by atoms with Crippen LogP contribution in [0.1, 0.15) is 104 Å². The minimum absolute atomic E-state index is 0.0114. The van der Waals surface area contributed by atoms with Crippen molar-refractivity contribution >= 4 is 64.5 Å². The summed E-state index contributed by atoms with van der Waals surface area (Å²) in [6.45, 7) is 16.0. The van der Waals surface area contributed by atoms with E-state index in [1.165, 1.54) is 13.8 Å². The van der Waals surface area contributed by atoms with Gasteiger partial charge in [0.1, 0.15) is 43.2 Å². The van der Waals surface area contributed by atoms with Crippen molar-refractivity contribution in [2.45, 2.75) is 125 Å². The molecule has 3 saturated heterocycles. The number of carbonyl (C=O) groups is 9. The van der Waals surface area contributed by atoms with E-state index in [0.29, 0.717) is 44.8 Å². The Bertz CT molecular complexity index is 2510. The molecule has 25 nitrogen and oxygen atoms in total. The van der Waals surface area contributed by atoms with Crippen LogP contribution in [0, 0.1) is 49.8 Å². The second-order valence-corrected chi connectivity index (χ2v) is 20.2. The third-order valence-electron chi connectivity index (χ3n) is 12.5. The van der Waals surface area contributed by atoms with Gasteiger partial charge < -0.3 is 49.1 Å². The number of hydrogen-bond acceptors (Lipinski definition) is 21. The molecule has 0 radical (unpaired) electrons. The van der Waals surface area contributed by atoms with E-state index in [0.717, 1.165) is 36.1 Å². The number of esters is 4. The number of ketones is 2. The van der Waals surface area contributed by atoms with Crippen LogP contribution in [0.25, 0.3) is 0 Å². The fraction of sp³-hybridized carbons (Fsp3) is 0.542. The molecule has 3 aliphatic heterocycles. The van der Waals surface area contributed by atoms with Crippen LogP contribution >= 0.6 is 11.6 Å². The smallest absolute Gasteiger partial charge is 0.410 e. The van der Waals surface area contributed by atoms with Crippen molar-refractivity contribution < 1.29 is 86.5 Å². The summed E-state index contributed by atoms with van der Waals surface area (Å²) in [5.41, 5.74) is 1.90. The van der Waals surface area contributed by atoms with Gasteiger partial charge in [-0.25, -0.2) is 9.59 Å². The number of nitro groups is 2. The maximum absolute atomic E-state index is 12.1. The molecule has 8 unspecified atom stereocenters. The van der Waals surface area contributed by atoms with E-state index < -0.39 is 58.1 Å². The van der Waals surface area contributed by atoms with E-state index >= 15 is 0 Å². The predicted molar refractivity (Wildman–Crippen MR) is 310 cm³/mol. The van der Waals surface area contributed by atoms with Gasteiger partial charge in [-0.1, -0.05) is 91.0 Å². The summed E-state index contributed by atoms with van der Waals surface area (Å²) in [5, 5.41) is 35.4. The van der Waals surface area contributed by atoms with E-state index in [-0.39, 0.29) is 92.7 Å². The molecule has 6 rings (SSSR count). The highest BCUT2D eigenvalue weighted by atomic mass is 35.5. The molecule has 0 spiro atoms. The van der Waals surface area contributed by atoms with Crippen molar-refractivity contribution in [1.82, 2.24) is 15.5 Å².